The van der Waals surface area contributed by atoms with Crippen molar-refractivity contribution >= 4 is 27.3 Å². The molecule has 1 rings (SSSR count). The second-order valence-electron chi connectivity index (χ2n) is 3.77. The lowest BCUT2D eigenvalue weighted by Crippen LogP contribution is -2.16. The smallest absolute Gasteiger partial charge is 0.329 e. The van der Waals surface area contributed by atoms with E-state index in [9.17, 15) is 18.5 Å². The van der Waals surface area contributed by atoms with Crippen molar-refractivity contribution in [1.29, 1.82) is 0 Å². The van der Waals surface area contributed by atoms with Gasteiger partial charge in [0.15, 0.2) is 0 Å². The van der Waals surface area contributed by atoms with E-state index in [1.807, 2.05) is 6.92 Å². The second-order valence-corrected chi connectivity index (χ2v) is 6.03. The van der Waals surface area contributed by atoms with Gasteiger partial charge in [0.25, 0.3) is 0 Å². The Kier molecular flexibility index (Phi) is 4.98. The third kappa shape index (κ3) is 5.04. The minimum absolute atomic E-state index is 0.000370. The van der Waals surface area contributed by atoms with E-state index in [1.54, 1.807) is 0 Å². The standard InChI is InChI=1S/C9H15N5O4S/c1-3-10-9-12-6-7(14(15)16)8(13-9)11-4-5-19(2,17)18/h6H,3-5H2,1-2H3,(H2,10,11,12,13). The summed E-state index contributed by atoms with van der Waals surface area (Å²) in [5, 5.41) is 16.3. The number of anilines is 2. The minimum atomic E-state index is -3.14. The molecule has 0 saturated carbocycles. The monoisotopic (exact) mass is 289 g/mol. The van der Waals surface area contributed by atoms with Gasteiger partial charge in [-0.15, -0.1) is 0 Å². The number of hydrogen-bond acceptors (Lipinski definition) is 8. The normalized spacial score (nSPS) is 11.1. The molecular weight excluding hydrogens is 274 g/mol. The molecule has 0 amide bonds. The largest absolute Gasteiger partial charge is 0.363 e. The van der Waals surface area contributed by atoms with Crippen LogP contribution in [0.5, 0.6) is 0 Å². The minimum Gasteiger partial charge on any atom is -0.363 e. The summed E-state index contributed by atoms with van der Waals surface area (Å²) < 4.78 is 22.0. The van der Waals surface area contributed by atoms with Gasteiger partial charge in [-0.25, -0.2) is 13.4 Å². The highest BCUT2D eigenvalue weighted by Crippen LogP contribution is 2.21. The molecule has 10 heteroatoms. The van der Waals surface area contributed by atoms with Crippen LogP contribution in [0.25, 0.3) is 0 Å². The van der Waals surface area contributed by atoms with Crippen LogP contribution >= 0.6 is 0 Å². The summed E-state index contributed by atoms with van der Waals surface area (Å²) in [7, 11) is -3.14. The molecule has 1 aromatic heterocycles. The maximum Gasteiger partial charge on any atom is 0.329 e. The Labute approximate surface area is 110 Å². The van der Waals surface area contributed by atoms with Crippen LogP contribution in [0.4, 0.5) is 17.5 Å². The third-order valence-corrected chi connectivity index (χ3v) is 3.01. The molecule has 0 spiro atoms. The molecule has 9 nitrogen and oxygen atoms in total. The van der Waals surface area contributed by atoms with Gasteiger partial charge in [0, 0.05) is 19.3 Å². The van der Waals surface area contributed by atoms with Gasteiger partial charge in [-0.1, -0.05) is 0 Å². The van der Waals surface area contributed by atoms with Crippen molar-refractivity contribution in [3.8, 4) is 0 Å². The summed E-state index contributed by atoms with van der Waals surface area (Å²) in [6, 6.07) is 0. The molecule has 0 aromatic carbocycles. The lowest BCUT2D eigenvalue weighted by atomic mass is 10.4. The Hall–Kier alpha value is -1.97. The topological polar surface area (TPSA) is 127 Å². The average Bonchev–Trinajstić information content (AvgIpc) is 2.27. The number of sulfone groups is 1. The number of nitrogens with zero attached hydrogens (tertiary/aromatic N) is 3. The van der Waals surface area contributed by atoms with Gasteiger partial charge in [-0.3, -0.25) is 10.1 Å². The summed E-state index contributed by atoms with van der Waals surface area (Å²) in [6.45, 7) is 2.45. The van der Waals surface area contributed by atoms with Crippen LogP contribution in [0.3, 0.4) is 0 Å². The number of aromatic nitrogens is 2. The Morgan fingerprint density at radius 3 is 2.63 bits per heavy atom. The molecule has 0 radical (unpaired) electrons. The third-order valence-electron chi connectivity index (χ3n) is 2.07. The van der Waals surface area contributed by atoms with Crippen molar-refractivity contribution in [3.05, 3.63) is 16.3 Å². The Morgan fingerprint density at radius 1 is 1.42 bits per heavy atom. The van der Waals surface area contributed by atoms with E-state index in [0.29, 0.717) is 6.54 Å². The fourth-order valence-electron chi connectivity index (χ4n) is 1.24. The van der Waals surface area contributed by atoms with Crippen molar-refractivity contribution in [2.75, 3.05) is 35.7 Å². The van der Waals surface area contributed by atoms with Gasteiger partial charge in [-0.2, -0.15) is 4.98 Å². The van der Waals surface area contributed by atoms with Crippen molar-refractivity contribution in [2.24, 2.45) is 0 Å². The highest BCUT2D eigenvalue weighted by molar-refractivity contribution is 7.90. The summed E-state index contributed by atoms with van der Waals surface area (Å²) in [5.41, 5.74) is -0.296. The van der Waals surface area contributed by atoms with E-state index >= 15 is 0 Å². The quantitative estimate of drug-likeness (QED) is 0.541. The summed E-state index contributed by atoms with van der Waals surface area (Å²) in [6.07, 6.45) is 2.17. The molecular formula is C9H15N5O4S. The van der Waals surface area contributed by atoms with Gasteiger partial charge in [0.1, 0.15) is 16.0 Å². The summed E-state index contributed by atoms with van der Waals surface area (Å²) in [4.78, 5) is 17.9. The highest BCUT2D eigenvalue weighted by atomic mass is 32.2. The number of hydrogen-bond donors (Lipinski definition) is 2. The maximum absolute atomic E-state index is 11.0. The van der Waals surface area contributed by atoms with Gasteiger partial charge in [0.05, 0.1) is 10.7 Å². The maximum atomic E-state index is 11.0. The Morgan fingerprint density at radius 2 is 2.11 bits per heavy atom. The zero-order valence-electron chi connectivity index (χ0n) is 10.6. The molecule has 19 heavy (non-hydrogen) atoms. The highest BCUT2D eigenvalue weighted by Gasteiger charge is 2.17. The fraction of sp³-hybridized carbons (Fsp3) is 0.556. The van der Waals surface area contributed by atoms with Crippen LogP contribution < -0.4 is 10.6 Å². The SMILES string of the molecule is CCNc1ncc([N+](=O)[O-])c(NCCS(C)(=O)=O)n1. The predicted octanol–water partition coefficient (Wildman–Crippen LogP) is 0.273. The van der Waals surface area contributed by atoms with Crippen molar-refractivity contribution < 1.29 is 13.3 Å². The number of nitro groups is 1. The van der Waals surface area contributed by atoms with Gasteiger partial charge in [0.2, 0.25) is 11.8 Å². The molecule has 0 aliphatic carbocycles. The van der Waals surface area contributed by atoms with E-state index in [1.165, 1.54) is 0 Å². The zero-order valence-corrected chi connectivity index (χ0v) is 11.4. The Balaban J connectivity index is 2.88. The Bertz CT molecular complexity index is 560. The summed E-state index contributed by atoms with van der Waals surface area (Å²) in [5.74, 6) is 0.111. The molecule has 0 atom stereocenters. The molecule has 0 saturated heterocycles. The van der Waals surface area contributed by atoms with Crippen molar-refractivity contribution in [2.45, 2.75) is 6.92 Å². The number of nitrogens with one attached hydrogen (secondary N) is 2. The van der Waals surface area contributed by atoms with E-state index in [4.69, 9.17) is 0 Å². The molecule has 0 unspecified atom stereocenters. The first kappa shape index (κ1) is 15.1. The summed E-state index contributed by atoms with van der Waals surface area (Å²) >= 11 is 0. The van der Waals surface area contributed by atoms with E-state index in [2.05, 4.69) is 20.6 Å². The lowest BCUT2D eigenvalue weighted by Gasteiger charge is -2.07. The first-order valence-corrected chi connectivity index (χ1v) is 7.56. The fourth-order valence-corrected chi connectivity index (χ4v) is 1.71. The molecule has 0 aliphatic heterocycles. The van der Waals surface area contributed by atoms with Gasteiger partial charge in [-0.05, 0) is 6.92 Å². The molecule has 0 fully saturated rings. The van der Waals surface area contributed by atoms with Crippen LogP contribution in [-0.2, 0) is 9.84 Å². The lowest BCUT2D eigenvalue weighted by molar-refractivity contribution is -0.384. The molecule has 0 bridgehead atoms. The van der Waals surface area contributed by atoms with E-state index < -0.39 is 14.8 Å². The molecule has 106 valence electrons. The molecule has 2 N–H and O–H groups in total. The van der Waals surface area contributed by atoms with Crippen LogP contribution in [0.1, 0.15) is 6.92 Å². The molecule has 1 heterocycles. The average molecular weight is 289 g/mol. The predicted molar refractivity (Wildman–Crippen MR) is 71.1 cm³/mol. The van der Waals surface area contributed by atoms with Crippen LogP contribution in [-0.4, -0.2) is 48.4 Å². The van der Waals surface area contributed by atoms with E-state index in [0.717, 1.165) is 12.5 Å². The second kappa shape index (κ2) is 6.27. The first-order valence-electron chi connectivity index (χ1n) is 5.50. The van der Waals surface area contributed by atoms with Crippen LogP contribution in [0, 0.1) is 10.1 Å². The van der Waals surface area contributed by atoms with Gasteiger partial charge >= 0.3 is 5.69 Å². The van der Waals surface area contributed by atoms with Crippen molar-refractivity contribution in [3.63, 3.8) is 0 Å². The van der Waals surface area contributed by atoms with Crippen LogP contribution in [0.2, 0.25) is 0 Å². The first-order chi connectivity index (χ1) is 8.83. The number of rotatable bonds is 7. The van der Waals surface area contributed by atoms with Crippen LogP contribution in [0.15, 0.2) is 6.20 Å². The van der Waals surface area contributed by atoms with E-state index in [-0.39, 0.29) is 29.8 Å². The molecule has 1 aromatic rings. The molecule has 0 aliphatic rings. The zero-order chi connectivity index (χ0) is 14.5. The van der Waals surface area contributed by atoms with Crippen molar-refractivity contribution in [1.82, 2.24) is 9.97 Å². The van der Waals surface area contributed by atoms with Gasteiger partial charge < -0.3 is 10.6 Å².